The molecule has 0 N–H and O–H groups in total. The van der Waals surface area contributed by atoms with Gasteiger partial charge in [0.1, 0.15) is 22.7 Å². The SMILES string of the molecule is COC(=O)COc1cc(Oc2nccc3occc23)ccc1-c1cccc2nccn12. The Morgan fingerprint density at radius 1 is 1.10 bits per heavy atom. The number of imidazole rings is 1. The molecule has 0 fully saturated rings. The van der Waals surface area contributed by atoms with Crippen LogP contribution in [0.15, 0.2) is 77.8 Å². The van der Waals surface area contributed by atoms with E-state index in [-0.39, 0.29) is 6.61 Å². The van der Waals surface area contributed by atoms with Crippen LogP contribution in [-0.2, 0) is 9.53 Å². The molecule has 5 rings (SSSR count). The Kier molecular flexibility index (Phi) is 4.72. The number of methoxy groups -OCH3 is 1. The van der Waals surface area contributed by atoms with E-state index < -0.39 is 5.97 Å². The minimum atomic E-state index is -0.483. The number of fused-ring (bicyclic) bond motifs is 2. The molecule has 154 valence electrons. The van der Waals surface area contributed by atoms with Crippen LogP contribution in [0.5, 0.6) is 17.4 Å². The van der Waals surface area contributed by atoms with Gasteiger partial charge in [0.05, 0.1) is 24.5 Å². The lowest BCUT2D eigenvalue weighted by Crippen LogP contribution is -2.13. The molecule has 1 aromatic carbocycles. The lowest BCUT2D eigenvalue weighted by atomic mass is 10.1. The highest BCUT2D eigenvalue weighted by atomic mass is 16.6. The maximum Gasteiger partial charge on any atom is 0.343 e. The Morgan fingerprint density at radius 3 is 2.94 bits per heavy atom. The summed E-state index contributed by atoms with van der Waals surface area (Å²) in [6, 6.07) is 14.7. The largest absolute Gasteiger partial charge is 0.481 e. The van der Waals surface area contributed by atoms with Crippen molar-refractivity contribution in [2.75, 3.05) is 13.7 Å². The van der Waals surface area contributed by atoms with Gasteiger partial charge in [-0.05, 0) is 36.4 Å². The molecule has 4 heterocycles. The number of carbonyl (C=O) groups excluding carboxylic acids is 1. The average Bonchev–Trinajstić information content (AvgIpc) is 3.47. The van der Waals surface area contributed by atoms with Crippen LogP contribution in [0.3, 0.4) is 0 Å². The van der Waals surface area contributed by atoms with Gasteiger partial charge in [-0.3, -0.25) is 4.40 Å². The number of nitrogens with zero attached hydrogens (tertiary/aromatic N) is 3. The quantitative estimate of drug-likeness (QED) is 0.378. The van der Waals surface area contributed by atoms with Crippen molar-refractivity contribution in [3.8, 4) is 28.6 Å². The molecule has 0 unspecified atom stereocenters. The van der Waals surface area contributed by atoms with Gasteiger partial charge in [0.25, 0.3) is 0 Å². The van der Waals surface area contributed by atoms with Gasteiger partial charge in [0, 0.05) is 30.2 Å². The first-order chi connectivity index (χ1) is 15.2. The summed E-state index contributed by atoms with van der Waals surface area (Å²) >= 11 is 0. The van der Waals surface area contributed by atoms with Gasteiger partial charge < -0.3 is 18.6 Å². The van der Waals surface area contributed by atoms with Crippen molar-refractivity contribution in [3.05, 3.63) is 73.4 Å². The number of rotatable bonds is 6. The Morgan fingerprint density at radius 2 is 2.03 bits per heavy atom. The predicted octanol–water partition coefficient (Wildman–Crippen LogP) is 4.49. The zero-order valence-electron chi connectivity index (χ0n) is 16.5. The summed E-state index contributed by atoms with van der Waals surface area (Å²) in [6.07, 6.45) is 6.79. The minimum Gasteiger partial charge on any atom is -0.481 e. The maximum absolute atomic E-state index is 11.7. The number of carbonyl (C=O) groups is 1. The number of furan rings is 1. The lowest BCUT2D eigenvalue weighted by molar-refractivity contribution is -0.142. The Hall–Kier alpha value is -4.33. The predicted molar refractivity (Wildman–Crippen MR) is 112 cm³/mol. The summed E-state index contributed by atoms with van der Waals surface area (Å²) < 4.78 is 23.8. The Labute approximate surface area is 176 Å². The first kappa shape index (κ1) is 18.7. The molecule has 0 spiro atoms. The molecule has 31 heavy (non-hydrogen) atoms. The Bertz CT molecular complexity index is 1390. The van der Waals surface area contributed by atoms with Gasteiger partial charge in [-0.2, -0.15) is 0 Å². The van der Waals surface area contributed by atoms with Gasteiger partial charge in [-0.15, -0.1) is 0 Å². The molecule has 0 saturated carbocycles. The second kappa shape index (κ2) is 7.83. The highest BCUT2D eigenvalue weighted by Crippen LogP contribution is 2.36. The number of hydrogen-bond donors (Lipinski definition) is 0. The third kappa shape index (κ3) is 3.55. The summed E-state index contributed by atoms with van der Waals surface area (Å²) in [5, 5.41) is 0.756. The minimum absolute atomic E-state index is 0.234. The highest BCUT2D eigenvalue weighted by Gasteiger charge is 2.15. The van der Waals surface area contributed by atoms with Crippen LogP contribution in [0.1, 0.15) is 0 Å². The first-order valence-electron chi connectivity index (χ1n) is 9.49. The highest BCUT2D eigenvalue weighted by molar-refractivity contribution is 5.82. The van der Waals surface area contributed by atoms with Gasteiger partial charge in [-0.1, -0.05) is 6.07 Å². The van der Waals surface area contributed by atoms with Crippen molar-refractivity contribution in [1.82, 2.24) is 14.4 Å². The fourth-order valence-corrected chi connectivity index (χ4v) is 3.32. The van der Waals surface area contributed by atoms with E-state index in [9.17, 15) is 4.79 Å². The summed E-state index contributed by atoms with van der Waals surface area (Å²) in [5.74, 6) is 0.892. The fourth-order valence-electron chi connectivity index (χ4n) is 3.32. The van der Waals surface area contributed by atoms with Crippen LogP contribution < -0.4 is 9.47 Å². The van der Waals surface area contributed by atoms with Crippen LogP contribution >= 0.6 is 0 Å². The van der Waals surface area contributed by atoms with Gasteiger partial charge in [-0.25, -0.2) is 14.8 Å². The lowest BCUT2D eigenvalue weighted by Gasteiger charge is -2.14. The van der Waals surface area contributed by atoms with Crippen molar-refractivity contribution in [3.63, 3.8) is 0 Å². The van der Waals surface area contributed by atoms with E-state index in [1.807, 2.05) is 40.9 Å². The summed E-state index contributed by atoms with van der Waals surface area (Å²) in [6.45, 7) is -0.234. The van der Waals surface area contributed by atoms with E-state index >= 15 is 0 Å². The summed E-state index contributed by atoms with van der Waals surface area (Å²) in [5.41, 5.74) is 3.11. The molecule has 0 aliphatic carbocycles. The molecule has 0 aliphatic heterocycles. The van der Waals surface area contributed by atoms with Crippen LogP contribution in [0.25, 0.3) is 27.9 Å². The molecule has 0 bridgehead atoms. The number of pyridine rings is 2. The van der Waals surface area contributed by atoms with Crippen LogP contribution in [-0.4, -0.2) is 34.1 Å². The van der Waals surface area contributed by atoms with Crippen molar-refractivity contribution < 1.29 is 23.4 Å². The van der Waals surface area contributed by atoms with Crippen molar-refractivity contribution in [2.45, 2.75) is 0 Å². The maximum atomic E-state index is 11.7. The molecular weight excluding hydrogens is 398 g/mol. The fraction of sp³-hybridized carbons (Fsp3) is 0.0870. The van der Waals surface area contributed by atoms with Gasteiger partial charge in [0.15, 0.2) is 6.61 Å². The number of benzene rings is 1. The average molecular weight is 415 g/mol. The van der Waals surface area contributed by atoms with E-state index in [4.69, 9.17) is 18.6 Å². The molecule has 8 nitrogen and oxygen atoms in total. The van der Waals surface area contributed by atoms with Crippen molar-refractivity contribution in [2.24, 2.45) is 0 Å². The first-order valence-corrected chi connectivity index (χ1v) is 9.49. The summed E-state index contributed by atoms with van der Waals surface area (Å²) in [7, 11) is 1.32. The van der Waals surface area contributed by atoms with E-state index in [2.05, 4.69) is 9.97 Å². The van der Waals surface area contributed by atoms with Gasteiger partial charge in [0.2, 0.25) is 5.88 Å². The molecule has 0 radical (unpaired) electrons. The number of ether oxygens (including phenoxy) is 3. The van der Waals surface area contributed by atoms with E-state index in [0.717, 1.165) is 22.3 Å². The topological polar surface area (TPSA) is 88.1 Å². The number of aromatic nitrogens is 3. The van der Waals surface area contributed by atoms with Crippen molar-refractivity contribution in [1.29, 1.82) is 0 Å². The van der Waals surface area contributed by atoms with Crippen LogP contribution in [0, 0.1) is 0 Å². The smallest absolute Gasteiger partial charge is 0.343 e. The summed E-state index contributed by atoms with van der Waals surface area (Å²) in [4.78, 5) is 20.3. The van der Waals surface area contributed by atoms with Crippen LogP contribution in [0.4, 0.5) is 0 Å². The molecule has 0 aliphatic rings. The zero-order valence-corrected chi connectivity index (χ0v) is 16.5. The molecule has 4 aromatic heterocycles. The Balaban J connectivity index is 1.56. The molecule has 0 saturated heterocycles. The third-order valence-electron chi connectivity index (χ3n) is 4.79. The number of esters is 1. The zero-order chi connectivity index (χ0) is 21.2. The molecule has 8 heteroatoms. The molecule has 0 atom stereocenters. The van der Waals surface area contributed by atoms with Gasteiger partial charge >= 0.3 is 5.97 Å². The van der Waals surface area contributed by atoms with E-state index in [1.165, 1.54) is 7.11 Å². The molecule has 0 amide bonds. The molecule has 5 aromatic rings. The standard InChI is InChI=1S/C23H17N3O5/c1-28-22(27)14-30-20-13-15(31-23-17-8-12-29-19(17)7-9-25-23)5-6-16(20)18-3-2-4-21-24-10-11-26(18)21/h2-13H,14H2,1H3. The van der Waals surface area contributed by atoms with Crippen molar-refractivity contribution >= 4 is 22.6 Å². The second-order valence-electron chi connectivity index (χ2n) is 6.64. The van der Waals surface area contributed by atoms with Crippen LogP contribution in [0.2, 0.25) is 0 Å². The second-order valence-corrected chi connectivity index (χ2v) is 6.64. The monoisotopic (exact) mass is 415 g/mol. The van der Waals surface area contributed by atoms with E-state index in [0.29, 0.717) is 23.0 Å². The number of hydrogen-bond acceptors (Lipinski definition) is 7. The normalized spacial score (nSPS) is 11.0. The van der Waals surface area contributed by atoms with E-state index in [1.54, 1.807) is 36.9 Å². The third-order valence-corrected chi connectivity index (χ3v) is 4.79. The molecular formula is C23H17N3O5.